The van der Waals surface area contributed by atoms with E-state index in [9.17, 15) is 9.59 Å². The Balaban J connectivity index is 1.96. The van der Waals surface area contributed by atoms with Crippen LogP contribution < -0.4 is 4.90 Å². The van der Waals surface area contributed by atoms with Crippen LogP contribution in [0, 0.1) is 5.92 Å². The number of nitrogens with zero attached hydrogens (tertiary/aromatic N) is 1. The van der Waals surface area contributed by atoms with Gasteiger partial charge in [-0.25, -0.2) is 0 Å². The molecule has 0 bridgehead atoms. The van der Waals surface area contributed by atoms with E-state index in [1.165, 1.54) is 11.8 Å². The maximum atomic E-state index is 12.7. The Bertz CT molecular complexity index is 796. The minimum absolute atomic E-state index is 0.00643. The number of carbonyl (C=O) groups excluding carboxylic acids is 2. The first-order valence-corrected chi connectivity index (χ1v) is 8.78. The monoisotopic (exact) mass is 337 g/mol. The average Bonchev–Trinajstić information content (AvgIpc) is 2.89. The predicted molar refractivity (Wildman–Crippen MR) is 98.1 cm³/mol. The molecule has 0 aromatic heterocycles. The van der Waals surface area contributed by atoms with Crippen molar-refractivity contribution in [2.45, 2.75) is 25.2 Å². The molecule has 2 aromatic carbocycles. The van der Waals surface area contributed by atoms with E-state index in [0.717, 1.165) is 10.6 Å². The van der Waals surface area contributed by atoms with Gasteiger partial charge in [0.2, 0.25) is 11.7 Å². The van der Waals surface area contributed by atoms with Gasteiger partial charge in [-0.05, 0) is 30.2 Å². The van der Waals surface area contributed by atoms with Gasteiger partial charge in [0.05, 0.1) is 4.91 Å². The minimum Gasteiger partial charge on any atom is -0.288 e. The number of amides is 1. The lowest BCUT2D eigenvalue weighted by Crippen LogP contribution is -2.27. The van der Waals surface area contributed by atoms with E-state index in [-0.39, 0.29) is 17.6 Å². The summed E-state index contributed by atoms with van der Waals surface area (Å²) in [6.07, 6.45) is 2.12. The summed E-state index contributed by atoms with van der Waals surface area (Å²) in [5.74, 6) is 0.230. The highest BCUT2D eigenvalue weighted by Crippen LogP contribution is 2.40. The summed E-state index contributed by atoms with van der Waals surface area (Å²) in [5, 5.41) is 0. The number of anilines is 1. The molecule has 1 amide bonds. The van der Waals surface area contributed by atoms with Gasteiger partial charge in [0.1, 0.15) is 0 Å². The van der Waals surface area contributed by atoms with Gasteiger partial charge in [-0.15, -0.1) is 0 Å². The highest BCUT2D eigenvalue weighted by molar-refractivity contribution is 8.04. The van der Waals surface area contributed by atoms with Crippen LogP contribution in [-0.4, -0.2) is 11.7 Å². The van der Waals surface area contributed by atoms with Crippen LogP contribution in [0.3, 0.4) is 0 Å². The van der Waals surface area contributed by atoms with E-state index in [1.807, 2.05) is 68.4 Å². The number of rotatable bonds is 4. The average molecular weight is 337 g/mol. The first-order valence-electron chi connectivity index (χ1n) is 7.97. The van der Waals surface area contributed by atoms with Crippen molar-refractivity contribution in [2.75, 3.05) is 4.90 Å². The second-order valence-corrected chi connectivity index (χ2v) is 7.20. The molecule has 0 aliphatic carbocycles. The zero-order valence-corrected chi connectivity index (χ0v) is 14.5. The van der Waals surface area contributed by atoms with Crippen molar-refractivity contribution in [3.8, 4) is 0 Å². The SMILES string of the molecule is CC(C)CC(=O)N(C=C1Sc2ccccc2C1=O)c1ccccc1. The number of hydrogen-bond donors (Lipinski definition) is 0. The van der Waals surface area contributed by atoms with Crippen molar-refractivity contribution in [3.05, 3.63) is 71.3 Å². The Labute approximate surface area is 146 Å². The summed E-state index contributed by atoms with van der Waals surface area (Å²) in [4.78, 5) is 28.4. The van der Waals surface area contributed by atoms with Gasteiger partial charge < -0.3 is 0 Å². The molecule has 24 heavy (non-hydrogen) atoms. The quantitative estimate of drug-likeness (QED) is 0.745. The highest BCUT2D eigenvalue weighted by Gasteiger charge is 2.27. The normalized spacial score (nSPS) is 15.0. The molecule has 0 N–H and O–H groups in total. The van der Waals surface area contributed by atoms with Crippen molar-refractivity contribution in [3.63, 3.8) is 0 Å². The zero-order valence-electron chi connectivity index (χ0n) is 13.7. The molecule has 3 nitrogen and oxygen atoms in total. The number of ketones is 1. The summed E-state index contributed by atoms with van der Waals surface area (Å²) < 4.78 is 0. The lowest BCUT2D eigenvalue weighted by Gasteiger charge is -2.20. The molecule has 0 spiro atoms. The molecular formula is C20H19NO2S. The number of allylic oxidation sites excluding steroid dienone is 1. The minimum atomic E-state index is -0.0196. The molecule has 0 saturated carbocycles. The fourth-order valence-corrected chi connectivity index (χ4v) is 3.58. The van der Waals surface area contributed by atoms with Gasteiger partial charge in [0.15, 0.2) is 0 Å². The Morgan fingerprint density at radius 3 is 2.42 bits per heavy atom. The van der Waals surface area contributed by atoms with Gasteiger partial charge in [0, 0.05) is 28.8 Å². The van der Waals surface area contributed by atoms with Crippen molar-refractivity contribution in [1.82, 2.24) is 0 Å². The fourth-order valence-electron chi connectivity index (χ4n) is 2.57. The van der Waals surface area contributed by atoms with E-state index in [4.69, 9.17) is 0 Å². The second kappa shape index (κ2) is 7.05. The van der Waals surface area contributed by atoms with Crippen LogP contribution in [0.4, 0.5) is 5.69 Å². The third-order valence-electron chi connectivity index (χ3n) is 3.71. The van der Waals surface area contributed by atoms with E-state index >= 15 is 0 Å². The molecule has 0 radical (unpaired) electrons. The Morgan fingerprint density at radius 1 is 1.08 bits per heavy atom. The van der Waals surface area contributed by atoms with Crippen LogP contribution >= 0.6 is 11.8 Å². The maximum Gasteiger partial charge on any atom is 0.231 e. The number of para-hydroxylation sites is 1. The van der Waals surface area contributed by atoms with Crippen LogP contribution in [0.2, 0.25) is 0 Å². The summed E-state index contributed by atoms with van der Waals surface area (Å²) in [5.41, 5.74) is 1.48. The van der Waals surface area contributed by atoms with Crippen LogP contribution in [0.5, 0.6) is 0 Å². The number of carbonyl (C=O) groups is 2. The van der Waals surface area contributed by atoms with Crippen molar-refractivity contribution >= 4 is 29.1 Å². The molecule has 1 heterocycles. The summed E-state index contributed by atoms with van der Waals surface area (Å²) in [7, 11) is 0. The molecule has 1 aliphatic heterocycles. The third kappa shape index (κ3) is 3.44. The van der Waals surface area contributed by atoms with E-state index in [0.29, 0.717) is 16.9 Å². The molecule has 0 unspecified atom stereocenters. The van der Waals surface area contributed by atoms with Gasteiger partial charge in [-0.2, -0.15) is 0 Å². The molecule has 3 rings (SSSR count). The highest BCUT2D eigenvalue weighted by atomic mass is 32.2. The van der Waals surface area contributed by atoms with Crippen molar-refractivity contribution in [1.29, 1.82) is 0 Å². The fraction of sp³-hybridized carbons (Fsp3) is 0.200. The van der Waals surface area contributed by atoms with Gasteiger partial charge in [0.25, 0.3) is 0 Å². The molecule has 0 saturated heterocycles. The molecule has 2 aromatic rings. The van der Waals surface area contributed by atoms with Gasteiger partial charge in [-0.1, -0.05) is 55.9 Å². The number of hydrogen-bond acceptors (Lipinski definition) is 3. The molecule has 4 heteroatoms. The van der Waals surface area contributed by atoms with E-state index in [1.54, 1.807) is 11.1 Å². The first-order chi connectivity index (χ1) is 11.6. The van der Waals surface area contributed by atoms with Crippen LogP contribution in [0.25, 0.3) is 0 Å². The van der Waals surface area contributed by atoms with Gasteiger partial charge >= 0.3 is 0 Å². The molecule has 122 valence electrons. The summed E-state index contributed by atoms with van der Waals surface area (Å²) in [6.45, 7) is 4.03. The third-order valence-corrected chi connectivity index (χ3v) is 4.79. The second-order valence-electron chi connectivity index (χ2n) is 6.12. The maximum absolute atomic E-state index is 12.7. The standard InChI is InChI=1S/C20H19NO2S/c1-14(2)12-19(22)21(15-8-4-3-5-9-15)13-18-20(23)16-10-6-7-11-17(16)24-18/h3-11,13-14H,12H2,1-2H3. The summed E-state index contributed by atoms with van der Waals surface area (Å²) in [6, 6.07) is 17.0. The van der Waals surface area contributed by atoms with E-state index in [2.05, 4.69) is 0 Å². The predicted octanol–water partition coefficient (Wildman–Crippen LogP) is 4.90. The van der Waals surface area contributed by atoms with Crippen LogP contribution in [-0.2, 0) is 4.79 Å². The largest absolute Gasteiger partial charge is 0.288 e. The number of thioether (sulfide) groups is 1. The number of benzene rings is 2. The molecule has 0 atom stereocenters. The van der Waals surface area contributed by atoms with Gasteiger partial charge in [-0.3, -0.25) is 14.5 Å². The Hall–Kier alpha value is -2.33. The Kier molecular flexibility index (Phi) is 4.86. The van der Waals surface area contributed by atoms with Crippen molar-refractivity contribution < 1.29 is 9.59 Å². The number of fused-ring (bicyclic) bond motifs is 1. The molecule has 1 aliphatic rings. The smallest absolute Gasteiger partial charge is 0.231 e. The topological polar surface area (TPSA) is 37.4 Å². The summed E-state index contributed by atoms with van der Waals surface area (Å²) >= 11 is 1.42. The van der Waals surface area contributed by atoms with Crippen molar-refractivity contribution in [2.24, 2.45) is 5.92 Å². The van der Waals surface area contributed by atoms with Crippen LogP contribution in [0.1, 0.15) is 30.6 Å². The molecule has 0 fully saturated rings. The zero-order chi connectivity index (χ0) is 17.1. The lowest BCUT2D eigenvalue weighted by molar-refractivity contribution is -0.118. The van der Waals surface area contributed by atoms with Crippen LogP contribution in [0.15, 0.2) is 70.6 Å². The molecular weight excluding hydrogens is 318 g/mol. The van der Waals surface area contributed by atoms with E-state index < -0.39 is 0 Å². The number of Topliss-reactive ketones (excluding diaryl/α,β-unsaturated/α-hetero) is 1. The first kappa shape index (κ1) is 16.5. The lowest BCUT2D eigenvalue weighted by atomic mass is 10.1. The Morgan fingerprint density at radius 2 is 1.75 bits per heavy atom.